The number of benzene rings is 2. The highest BCUT2D eigenvalue weighted by molar-refractivity contribution is 5.86. The van der Waals surface area contributed by atoms with E-state index in [-0.39, 0.29) is 11.7 Å². The first-order valence-electron chi connectivity index (χ1n) is 7.61. The van der Waals surface area contributed by atoms with Gasteiger partial charge in [0.15, 0.2) is 0 Å². The number of rotatable bonds is 4. The van der Waals surface area contributed by atoms with Gasteiger partial charge in [-0.05, 0) is 43.1 Å². The van der Waals surface area contributed by atoms with Gasteiger partial charge in [0.05, 0.1) is 0 Å². The van der Waals surface area contributed by atoms with E-state index in [2.05, 4.69) is 30.7 Å². The summed E-state index contributed by atoms with van der Waals surface area (Å²) in [5.74, 6) is -0.0400. The lowest BCUT2D eigenvalue weighted by Crippen LogP contribution is -2.16. The molecule has 22 heavy (non-hydrogen) atoms. The lowest BCUT2D eigenvalue weighted by Gasteiger charge is -2.17. The monoisotopic (exact) mass is 296 g/mol. The molecule has 2 aromatic carbocycles. The van der Waals surface area contributed by atoms with Gasteiger partial charge < -0.3 is 10.3 Å². The number of nitrogens with zero attached hydrogens (tertiary/aromatic N) is 1. The normalized spacial score (nSPS) is 12.7. The third-order valence-electron chi connectivity index (χ3n) is 4.57. The van der Waals surface area contributed by atoms with E-state index in [1.807, 2.05) is 24.3 Å². The van der Waals surface area contributed by atoms with Crippen LogP contribution < -0.4 is 5.73 Å². The van der Waals surface area contributed by atoms with Gasteiger partial charge in [0.2, 0.25) is 0 Å². The van der Waals surface area contributed by atoms with Crippen LogP contribution in [0.25, 0.3) is 10.9 Å². The lowest BCUT2D eigenvalue weighted by atomic mass is 9.90. The van der Waals surface area contributed by atoms with E-state index in [9.17, 15) is 4.39 Å². The smallest absolute Gasteiger partial charge is 0.126 e. The molecule has 0 aliphatic heterocycles. The molecule has 1 unspecified atom stereocenters. The fourth-order valence-electron chi connectivity index (χ4n) is 3.30. The zero-order chi connectivity index (χ0) is 15.7. The molecule has 3 rings (SSSR count). The highest BCUT2D eigenvalue weighted by atomic mass is 19.1. The number of fused-ring (bicyclic) bond motifs is 1. The van der Waals surface area contributed by atoms with Gasteiger partial charge in [-0.3, -0.25) is 0 Å². The minimum atomic E-state index is -0.154. The van der Waals surface area contributed by atoms with Crippen molar-refractivity contribution in [2.24, 2.45) is 12.8 Å². The summed E-state index contributed by atoms with van der Waals surface area (Å²) in [6, 6.07) is 15.3. The number of nitrogens with two attached hydrogens (primary N) is 1. The summed E-state index contributed by atoms with van der Waals surface area (Å²) >= 11 is 0. The van der Waals surface area contributed by atoms with Crippen LogP contribution in [-0.2, 0) is 13.5 Å². The fraction of sp³-hybridized carbons (Fsp3) is 0.263. The molecule has 1 heterocycles. The molecule has 0 bridgehead atoms. The summed E-state index contributed by atoms with van der Waals surface area (Å²) in [6.07, 6.45) is 0.623. The maximum atomic E-state index is 14.0. The minimum Gasteiger partial charge on any atom is -0.348 e. The molecule has 2 nitrogen and oxygen atoms in total. The number of aryl methyl sites for hydroxylation is 1. The van der Waals surface area contributed by atoms with Crippen molar-refractivity contribution in [3.8, 4) is 0 Å². The number of para-hydroxylation sites is 1. The Bertz CT molecular complexity index is 804. The Morgan fingerprint density at radius 2 is 1.77 bits per heavy atom. The van der Waals surface area contributed by atoms with Crippen LogP contribution in [0.3, 0.4) is 0 Å². The quantitative estimate of drug-likeness (QED) is 0.777. The van der Waals surface area contributed by atoms with Gasteiger partial charge in [-0.25, -0.2) is 4.39 Å². The van der Waals surface area contributed by atoms with E-state index in [4.69, 9.17) is 5.73 Å². The molecule has 0 aliphatic carbocycles. The molecule has 0 spiro atoms. The summed E-state index contributed by atoms with van der Waals surface area (Å²) < 4.78 is 16.2. The summed E-state index contributed by atoms with van der Waals surface area (Å²) in [5, 5.41) is 1.22. The first-order valence-corrected chi connectivity index (χ1v) is 7.61. The highest BCUT2D eigenvalue weighted by Crippen LogP contribution is 2.33. The van der Waals surface area contributed by atoms with Crippen LogP contribution in [0, 0.1) is 12.7 Å². The van der Waals surface area contributed by atoms with Gasteiger partial charge in [0.25, 0.3) is 0 Å². The molecular formula is C19H21FN2. The van der Waals surface area contributed by atoms with Crippen LogP contribution in [0.1, 0.15) is 22.7 Å². The molecular weight excluding hydrogens is 275 g/mol. The average Bonchev–Trinajstić information content (AvgIpc) is 2.79. The van der Waals surface area contributed by atoms with E-state index in [1.165, 1.54) is 28.2 Å². The molecule has 0 amide bonds. The minimum absolute atomic E-state index is 0.114. The summed E-state index contributed by atoms with van der Waals surface area (Å²) in [5.41, 5.74) is 10.4. The molecule has 1 atom stereocenters. The topological polar surface area (TPSA) is 30.9 Å². The van der Waals surface area contributed by atoms with E-state index in [0.29, 0.717) is 13.0 Å². The van der Waals surface area contributed by atoms with Crippen LogP contribution in [0.15, 0.2) is 48.5 Å². The number of halogens is 1. The van der Waals surface area contributed by atoms with E-state index in [0.717, 1.165) is 5.56 Å². The molecule has 3 heteroatoms. The SMILES string of the molecule is Cc1c(C(CN)Cc2ccccc2F)c2ccccc2n1C. The summed E-state index contributed by atoms with van der Waals surface area (Å²) in [7, 11) is 2.07. The van der Waals surface area contributed by atoms with Crippen molar-refractivity contribution in [1.82, 2.24) is 4.57 Å². The molecule has 0 saturated heterocycles. The predicted octanol–water partition coefficient (Wildman–Crippen LogP) is 3.91. The van der Waals surface area contributed by atoms with Gasteiger partial charge in [-0.15, -0.1) is 0 Å². The maximum Gasteiger partial charge on any atom is 0.126 e. The van der Waals surface area contributed by atoms with Gasteiger partial charge >= 0.3 is 0 Å². The van der Waals surface area contributed by atoms with E-state index >= 15 is 0 Å². The fourth-order valence-corrected chi connectivity index (χ4v) is 3.30. The second-order valence-corrected chi connectivity index (χ2v) is 5.80. The molecule has 0 fully saturated rings. The highest BCUT2D eigenvalue weighted by Gasteiger charge is 2.21. The Morgan fingerprint density at radius 1 is 1.09 bits per heavy atom. The second-order valence-electron chi connectivity index (χ2n) is 5.80. The molecule has 1 aromatic heterocycles. The third kappa shape index (κ3) is 2.42. The number of hydrogen-bond donors (Lipinski definition) is 1. The van der Waals surface area contributed by atoms with Gasteiger partial charge in [0, 0.05) is 29.6 Å². The van der Waals surface area contributed by atoms with Gasteiger partial charge in [-0.1, -0.05) is 36.4 Å². The molecule has 114 valence electrons. The van der Waals surface area contributed by atoms with Gasteiger partial charge in [0.1, 0.15) is 5.82 Å². The van der Waals surface area contributed by atoms with E-state index < -0.39 is 0 Å². The first kappa shape index (κ1) is 14.8. The molecule has 0 radical (unpaired) electrons. The number of hydrogen-bond acceptors (Lipinski definition) is 1. The van der Waals surface area contributed by atoms with Crippen LogP contribution in [0.5, 0.6) is 0 Å². The van der Waals surface area contributed by atoms with Crippen molar-refractivity contribution in [1.29, 1.82) is 0 Å². The molecule has 0 aliphatic rings. The van der Waals surface area contributed by atoms with Crippen molar-refractivity contribution >= 4 is 10.9 Å². The maximum absolute atomic E-state index is 14.0. The van der Waals surface area contributed by atoms with Crippen LogP contribution in [0.4, 0.5) is 4.39 Å². The van der Waals surface area contributed by atoms with Crippen molar-refractivity contribution < 1.29 is 4.39 Å². The summed E-state index contributed by atoms with van der Waals surface area (Å²) in [4.78, 5) is 0. The van der Waals surface area contributed by atoms with Crippen LogP contribution in [0.2, 0.25) is 0 Å². The molecule has 2 N–H and O–H groups in total. The van der Waals surface area contributed by atoms with Crippen molar-refractivity contribution in [2.75, 3.05) is 6.54 Å². The number of aromatic nitrogens is 1. The van der Waals surface area contributed by atoms with Gasteiger partial charge in [-0.2, -0.15) is 0 Å². The van der Waals surface area contributed by atoms with E-state index in [1.54, 1.807) is 6.07 Å². The Labute approximate surface area is 130 Å². The molecule has 0 saturated carbocycles. The van der Waals surface area contributed by atoms with Crippen molar-refractivity contribution in [2.45, 2.75) is 19.3 Å². The standard InChI is InChI=1S/C19H21FN2/c1-13-19(16-8-4-6-10-18(16)22(13)2)15(12-21)11-14-7-3-5-9-17(14)20/h3-10,15H,11-12,21H2,1-2H3. The van der Waals surface area contributed by atoms with Crippen molar-refractivity contribution in [3.63, 3.8) is 0 Å². The Hall–Kier alpha value is -2.13. The Kier molecular flexibility index (Phi) is 3.99. The van der Waals surface area contributed by atoms with Crippen LogP contribution in [-0.4, -0.2) is 11.1 Å². The predicted molar refractivity (Wildman–Crippen MR) is 89.6 cm³/mol. The average molecular weight is 296 g/mol. The van der Waals surface area contributed by atoms with Crippen LogP contribution >= 0.6 is 0 Å². The zero-order valence-electron chi connectivity index (χ0n) is 13.0. The Balaban J connectivity index is 2.08. The first-order chi connectivity index (χ1) is 10.6. The lowest BCUT2D eigenvalue weighted by molar-refractivity contribution is 0.590. The summed E-state index contributed by atoms with van der Waals surface area (Å²) in [6.45, 7) is 2.61. The Morgan fingerprint density at radius 3 is 2.50 bits per heavy atom. The second kappa shape index (κ2) is 5.93. The largest absolute Gasteiger partial charge is 0.348 e. The molecule has 3 aromatic rings. The van der Waals surface area contributed by atoms with Crippen molar-refractivity contribution in [3.05, 3.63) is 71.2 Å². The third-order valence-corrected chi connectivity index (χ3v) is 4.57. The zero-order valence-corrected chi connectivity index (χ0v) is 13.0.